The van der Waals surface area contributed by atoms with Crippen LogP contribution in [-0.4, -0.2) is 21.0 Å². The van der Waals surface area contributed by atoms with Gasteiger partial charge in [-0.25, -0.2) is 4.68 Å². The molecule has 0 saturated carbocycles. The number of aromatic nitrogens is 3. The van der Waals surface area contributed by atoms with Crippen molar-refractivity contribution in [1.82, 2.24) is 15.0 Å². The van der Waals surface area contributed by atoms with E-state index in [4.69, 9.17) is 0 Å². The minimum atomic E-state index is -1.03. The van der Waals surface area contributed by atoms with Crippen LogP contribution in [0.25, 0.3) is 11.0 Å². The molecule has 0 radical (unpaired) electrons. The van der Waals surface area contributed by atoms with Gasteiger partial charge in [-0.15, -0.1) is 5.10 Å². The van der Waals surface area contributed by atoms with Gasteiger partial charge in [0.1, 0.15) is 5.52 Å². The van der Waals surface area contributed by atoms with E-state index >= 15 is 0 Å². The van der Waals surface area contributed by atoms with Gasteiger partial charge in [-0.05, 0) is 37.5 Å². The summed E-state index contributed by atoms with van der Waals surface area (Å²) >= 11 is 0. The van der Waals surface area contributed by atoms with Crippen molar-refractivity contribution in [2.75, 3.05) is 0 Å². The maximum atomic E-state index is 10.3. The third-order valence-corrected chi connectivity index (χ3v) is 2.42. The monoisotopic (exact) mass is 241 g/mol. The summed E-state index contributed by atoms with van der Waals surface area (Å²) in [5.74, 6) is -1.03. The average molecular weight is 241 g/mol. The Morgan fingerprint density at radius 2 is 2.24 bits per heavy atom. The first-order valence-corrected chi connectivity index (χ1v) is 5.16. The Morgan fingerprint density at radius 1 is 1.47 bits per heavy atom. The van der Waals surface area contributed by atoms with Crippen molar-refractivity contribution < 1.29 is 39.5 Å². The van der Waals surface area contributed by atoms with Crippen LogP contribution in [0.3, 0.4) is 0 Å². The predicted molar refractivity (Wildman–Crippen MR) is 56.5 cm³/mol. The van der Waals surface area contributed by atoms with Crippen LogP contribution in [0.5, 0.6) is 0 Å². The Bertz CT molecular complexity index is 524. The Labute approximate surface area is 121 Å². The summed E-state index contributed by atoms with van der Waals surface area (Å²) in [6.45, 7) is 2.55. The van der Waals surface area contributed by atoms with E-state index in [2.05, 4.69) is 10.3 Å². The van der Waals surface area contributed by atoms with Crippen molar-refractivity contribution in [3.8, 4) is 0 Å². The number of benzene rings is 1. The van der Waals surface area contributed by atoms with Crippen LogP contribution in [0.2, 0.25) is 0 Å². The first-order valence-electron chi connectivity index (χ1n) is 5.16. The van der Waals surface area contributed by atoms with Crippen molar-refractivity contribution in [3.05, 3.63) is 23.8 Å². The Balaban J connectivity index is 0.00000144. The molecule has 0 saturated heterocycles. The van der Waals surface area contributed by atoms with Crippen LogP contribution in [0.15, 0.2) is 18.2 Å². The van der Waals surface area contributed by atoms with E-state index in [1.807, 2.05) is 25.1 Å². The third kappa shape index (κ3) is 3.52. The summed E-state index contributed by atoms with van der Waals surface area (Å²) in [6.07, 6.45) is 0.557. The molecule has 0 fully saturated rings. The van der Waals surface area contributed by atoms with Crippen molar-refractivity contribution >= 4 is 17.0 Å². The van der Waals surface area contributed by atoms with Crippen molar-refractivity contribution in [3.63, 3.8) is 0 Å². The summed E-state index contributed by atoms with van der Waals surface area (Å²) in [6, 6.07) is 5.88. The number of carboxylic acid groups (broad SMARTS) is 1. The maximum absolute atomic E-state index is 10.3. The molecule has 84 valence electrons. The molecule has 0 atom stereocenters. The molecule has 0 N–H and O–H groups in total. The molecular weight excluding hydrogens is 229 g/mol. The second-order valence-corrected chi connectivity index (χ2v) is 3.78. The molecule has 1 heterocycles. The zero-order valence-electron chi connectivity index (χ0n) is 10.0. The van der Waals surface area contributed by atoms with E-state index in [-0.39, 0.29) is 36.0 Å². The zero-order valence-corrected chi connectivity index (χ0v) is 12.0. The maximum Gasteiger partial charge on any atom is 1.00 e. The number of fused-ring (bicyclic) bond motifs is 1. The van der Waals surface area contributed by atoms with E-state index in [9.17, 15) is 9.90 Å². The first-order chi connectivity index (χ1) is 7.66. The van der Waals surface area contributed by atoms with Gasteiger partial charge in [0.25, 0.3) is 0 Å². The molecular formula is C11H12N3NaO2. The number of aliphatic carboxylic acids is 1. The summed E-state index contributed by atoms with van der Waals surface area (Å²) in [5.41, 5.74) is 2.91. The largest absolute Gasteiger partial charge is 1.00 e. The zero-order chi connectivity index (χ0) is 11.5. The molecule has 2 rings (SSSR count). The molecule has 1 aromatic heterocycles. The predicted octanol–water partition coefficient (Wildman–Crippen LogP) is -2.73. The number of hydrogen-bond acceptors (Lipinski definition) is 4. The minimum absolute atomic E-state index is 0. The fourth-order valence-electron chi connectivity index (χ4n) is 1.61. The van der Waals surface area contributed by atoms with Crippen molar-refractivity contribution in [2.45, 2.75) is 26.3 Å². The van der Waals surface area contributed by atoms with Gasteiger partial charge in [0.2, 0.25) is 0 Å². The van der Waals surface area contributed by atoms with E-state index in [0.29, 0.717) is 13.0 Å². The SMILES string of the molecule is Cc1ccc2nnn(CCCC(=O)[O-])c2c1.[Na+]. The fraction of sp³-hybridized carbons (Fsp3) is 0.364. The van der Waals surface area contributed by atoms with Crippen LogP contribution < -0.4 is 34.7 Å². The molecule has 1 aromatic carbocycles. The smallest absolute Gasteiger partial charge is 0.550 e. The number of carbonyl (C=O) groups is 1. The second-order valence-electron chi connectivity index (χ2n) is 3.78. The number of nitrogens with zero attached hydrogens (tertiary/aromatic N) is 3. The van der Waals surface area contributed by atoms with Crippen molar-refractivity contribution in [1.29, 1.82) is 0 Å². The standard InChI is InChI=1S/C11H13N3O2.Na/c1-8-4-5-9-10(7-8)14(13-12-9)6-2-3-11(15)16;/h4-5,7H,2-3,6H2,1H3,(H,15,16);/q;+1/p-1. The summed E-state index contributed by atoms with van der Waals surface area (Å²) < 4.78 is 1.73. The molecule has 0 bridgehead atoms. The Morgan fingerprint density at radius 3 is 2.94 bits per heavy atom. The van der Waals surface area contributed by atoms with Crippen LogP contribution in [0, 0.1) is 6.92 Å². The molecule has 6 heteroatoms. The van der Waals surface area contributed by atoms with E-state index in [1.165, 1.54) is 0 Å². The van der Waals surface area contributed by atoms with Gasteiger partial charge >= 0.3 is 29.6 Å². The average Bonchev–Trinajstić information content (AvgIpc) is 2.60. The van der Waals surface area contributed by atoms with E-state index in [0.717, 1.165) is 16.6 Å². The minimum Gasteiger partial charge on any atom is -0.550 e. The number of carboxylic acids is 1. The molecule has 0 aliphatic rings. The van der Waals surface area contributed by atoms with E-state index < -0.39 is 5.97 Å². The molecule has 0 unspecified atom stereocenters. The van der Waals surface area contributed by atoms with Crippen LogP contribution in [0.4, 0.5) is 0 Å². The number of hydrogen-bond donors (Lipinski definition) is 0. The molecule has 0 aliphatic heterocycles. The summed E-state index contributed by atoms with van der Waals surface area (Å²) in [4.78, 5) is 10.3. The molecule has 17 heavy (non-hydrogen) atoms. The van der Waals surface area contributed by atoms with Gasteiger partial charge in [0.15, 0.2) is 0 Å². The van der Waals surface area contributed by atoms with Crippen LogP contribution >= 0.6 is 0 Å². The molecule has 0 amide bonds. The molecule has 2 aromatic rings. The number of aryl methyl sites for hydroxylation is 2. The molecule has 0 aliphatic carbocycles. The van der Waals surface area contributed by atoms with Crippen LogP contribution in [0.1, 0.15) is 18.4 Å². The van der Waals surface area contributed by atoms with Gasteiger partial charge in [0.05, 0.1) is 5.52 Å². The van der Waals surface area contributed by atoms with Gasteiger partial charge in [-0.3, -0.25) is 0 Å². The van der Waals surface area contributed by atoms with Gasteiger partial charge < -0.3 is 9.90 Å². The normalized spacial score (nSPS) is 10.2. The third-order valence-electron chi connectivity index (χ3n) is 2.42. The van der Waals surface area contributed by atoms with Crippen LogP contribution in [-0.2, 0) is 11.3 Å². The van der Waals surface area contributed by atoms with Gasteiger partial charge in [-0.2, -0.15) is 0 Å². The quantitative estimate of drug-likeness (QED) is 0.545. The Hall–Kier alpha value is -0.910. The first kappa shape index (κ1) is 14.2. The van der Waals surface area contributed by atoms with Gasteiger partial charge in [-0.1, -0.05) is 11.3 Å². The van der Waals surface area contributed by atoms with Gasteiger partial charge in [0, 0.05) is 12.5 Å². The topological polar surface area (TPSA) is 70.8 Å². The molecule has 0 spiro atoms. The summed E-state index contributed by atoms with van der Waals surface area (Å²) in [7, 11) is 0. The molecule has 5 nitrogen and oxygen atoms in total. The summed E-state index contributed by atoms with van der Waals surface area (Å²) in [5, 5.41) is 18.3. The Kier molecular flexibility index (Phi) is 5.11. The number of rotatable bonds is 4. The van der Waals surface area contributed by atoms with E-state index in [1.54, 1.807) is 4.68 Å². The number of carbonyl (C=O) groups excluding carboxylic acids is 1. The fourth-order valence-corrected chi connectivity index (χ4v) is 1.61. The van der Waals surface area contributed by atoms with Crippen molar-refractivity contribution in [2.24, 2.45) is 0 Å². The second kappa shape index (κ2) is 6.14.